The SMILES string of the molecule is CCc1ccccc1C(C)(C)Nc1nnc2cnc3ccc(Cl)cc3n12. The van der Waals surface area contributed by atoms with Crippen molar-refractivity contribution < 1.29 is 0 Å². The molecule has 2 aromatic carbocycles. The van der Waals surface area contributed by atoms with Gasteiger partial charge in [0.15, 0.2) is 5.65 Å². The highest BCUT2D eigenvalue weighted by molar-refractivity contribution is 6.31. The van der Waals surface area contributed by atoms with Gasteiger partial charge in [0.2, 0.25) is 5.95 Å². The quantitative estimate of drug-likeness (QED) is 0.562. The van der Waals surface area contributed by atoms with Gasteiger partial charge in [-0.2, -0.15) is 0 Å². The first-order valence-electron chi connectivity index (χ1n) is 8.65. The van der Waals surface area contributed by atoms with Crippen LogP contribution in [0.4, 0.5) is 5.95 Å². The summed E-state index contributed by atoms with van der Waals surface area (Å²) in [6.07, 6.45) is 2.70. The average molecular weight is 366 g/mol. The van der Waals surface area contributed by atoms with E-state index in [2.05, 4.69) is 65.5 Å². The van der Waals surface area contributed by atoms with Gasteiger partial charge in [-0.25, -0.2) is 0 Å². The van der Waals surface area contributed by atoms with Crippen molar-refractivity contribution in [2.75, 3.05) is 5.32 Å². The van der Waals surface area contributed by atoms with Crippen molar-refractivity contribution in [1.82, 2.24) is 19.6 Å². The summed E-state index contributed by atoms with van der Waals surface area (Å²) in [5.74, 6) is 0.672. The van der Waals surface area contributed by atoms with Crippen molar-refractivity contribution >= 4 is 34.2 Å². The van der Waals surface area contributed by atoms with Crippen LogP contribution in [0.3, 0.4) is 0 Å². The molecule has 0 radical (unpaired) electrons. The van der Waals surface area contributed by atoms with E-state index < -0.39 is 0 Å². The highest BCUT2D eigenvalue weighted by atomic mass is 35.5. The molecule has 132 valence electrons. The minimum absolute atomic E-state index is 0.316. The molecule has 0 atom stereocenters. The summed E-state index contributed by atoms with van der Waals surface area (Å²) in [5, 5.41) is 12.8. The lowest BCUT2D eigenvalue weighted by Crippen LogP contribution is -2.30. The van der Waals surface area contributed by atoms with Gasteiger partial charge in [0.05, 0.1) is 22.8 Å². The Morgan fingerprint density at radius 3 is 2.73 bits per heavy atom. The number of benzene rings is 2. The summed E-state index contributed by atoms with van der Waals surface area (Å²) in [7, 11) is 0. The molecule has 26 heavy (non-hydrogen) atoms. The number of rotatable bonds is 4. The van der Waals surface area contributed by atoms with Gasteiger partial charge in [0.25, 0.3) is 0 Å². The topological polar surface area (TPSA) is 55.1 Å². The van der Waals surface area contributed by atoms with Crippen molar-refractivity contribution in [2.45, 2.75) is 32.7 Å². The number of aromatic nitrogens is 4. The summed E-state index contributed by atoms with van der Waals surface area (Å²) in [6, 6.07) is 14.1. The fourth-order valence-electron chi connectivity index (χ4n) is 3.40. The molecule has 5 nitrogen and oxygen atoms in total. The average Bonchev–Trinajstić information content (AvgIpc) is 3.04. The Bertz CT molecular complexity index is 1100. The van der Waals surface area contributed by atoms with Crippen LogP contribution in [-0.2, 0) is 12.0 Å². The molecule has 0 saturated carbocycles. The van der Waals surface area contributed by atoms with Gasteiger partial charge >= 0.3 is 0 Å². The fourth-order valence-corrected chi connectivity index (χ4v) is 3.56. The summed E-state index contributed by atoms with van der Waals surface area (Å²) in [6.45, 7) is 6.47. The molecule has 4 rings (SSSR count). The molecule has 0 aliphatic carbocycles. The molecular weight excluding hydrogens is 346 g/mol. The maximum absolute atomic E-state index is 6.20. The van der Waals surface area contributed by atoms with E-state index in [1.807, 2.05) is 22.6 Å². The first kappa shape index (κ1) is 16.8. The van der Waals surface area contributed by atoms with Crippen LogP contribution < -0.4 is 5.32 Å². The highest BCUT2D eigenvalue weighted by Gasteiger charge is 2.25. The summed E-state index contributed by atoms with van der Waals surface area (Å²) in [4.78, 5) is 4.44. The summed E-state index contributed by atoms with van der Waals surface area (Å²) < 4.78 is 1.96. The number of hydrogen-bond acceptors (Lipinski definition) is 4. The van der Waals surface area contributed by atoms with E-state index in [9.17, 15) is 0 Å². The van der Waals surface area contributed by atoms with E-state index in [1.165, 1.54) is 11.1 Å². The maximum atomic E-state index is 6.20. The first-order valence-corrected chi connectivity index (χ1v) is 9.03. The van der Waals surface area contributed by atoms with Crippen LogP contribution in [0.5, 0.6) is 0 Å². The molecular formula is C20H20ClN5. The van der Waals surface area contributed by atoms with E-state index in [4.69, 9.17) is 11.6 Å². The zero-order valence-corrected chi connectivity index (χ0v) is 15.7. The van der Waals surface area contributed by atoms with Crippen molar-refractivity contribution in [3.8, 4) is 0 Å². The van der Waals surface area contributed by atoms with Gasteiger partial charge in [0.1, 0.15) is 0 Å². The number of nitrogens with one attached hydrogen (secondary N) is 1. The lowest BCUT2D eigenvalue weighted by Gasteiger charge is -2.29. The number of anilines is 1. The van der Waals surface area contributed by atoms with Crippen LogP contribution in [0.1, 0.15) is 31.9 Å². The summed E-state index contributed by atoms with van der Waals surface area (Å²) in [5.41, 5.74) is 4.65. The predicted octanol–water partition coefficient (Wildman–Crippen LogP) is 4.84. The van der Waals surface area contributed by atoms with E-state index >= 15 is 0 Å². The Labute approximate surface area is 157 Å². The lowest BCUT2D eigenvalue weighted by atomic mass is 9.89. The Morgan fingerprint density at radius 2 is 1.92 bits per heavy atom. The van der Waals surface area contributed by atoms with Crippen molar-refractivity contribution in [1.29, 1.82) is 0 Å². The molecule has 1 N–H and O–H groups in total. The number of aryl methyl sites for hydroxylation is 1. The second-order valence-electron chi connectivity index (χ2n) is 6.87. The third-order valence-electron chi connectivity index (χ3n) is 4.68. The number of hydrogen-bond donors (Lipinski definition) is 1. The van der Waals surface area contributed by atoms with Crippen LogP contribution in [-0.4, -0.2) is 19.6 Å². The Morgan fingerprint density at radius 1 is 1.12 bits per heavy atom. The standard InChI is InChI=1S/C20H20ClN5/c1-4-13-7-5-6-8-15(13)20(2,3)23-19-25-24-18-12-22-16-10-9-14(21)11-17(16)26(18)19/h5-12H,4H2,1-3H3,(H,23,25). The van der Waals surface area contributed by atoms with Crippen LogP contribution in [0.25, 0.3) is 16.7 Å². The molecule has 4 aromatic rings. The van der Waals surface area contributed by atoms with Gasteiger partial charge < -0.3 is 5.32 Å². The van der Waals surface area contributed by atoms with Crippen molar-refractivity contribution in [3.63, 3.8) is 0 Å². The molecule has 0 saturated heterocycles. The van der Waals surface area contributed by atoms with Gasteiger partial charge in [-0.1, -0.05) is 42.8 Å². The van der Waals surface area contributed by atoms with Crippen LogP contribution >= 0.6 is 11.6 Å². The first-order chi connectivity index (χ1) is 12.5. The Hall–Kier alpha value is -2.66. The minimum Gasteiger partial charge on any atom is -0.345 e. The molecule has 2 aromatic heterocycles. The van der Waals surface area contributed by atoms with Gasteiger partial charge in [-0.05, 0) is 49.6 Å². The zero-order chi connectivity index (χ0) is 18.3. The zero-order valence-electron chi connectivity index (χ0n) is 15.0. The second-order valence-corrected chi connectivity index (χ2v) is 7.31. The molecule has 0 amide bonds. The van der Waals surface area contributed by atoms with Gasteiger partial charge in [-0.3, -0.25) is 9.38 Å². The smallest absolute Gasteiger partial charge is 0.230 e. The van der Waals surface area contributed by atoms with E-state index in [0.29, 0.717) is 16.6 Å². The molecule has 6 heteroatoms. The number of halogens is 1. The molecule has 0 fully saturated rings. The van der Waals surface area contributed by atoms with Crippen molar-refractivity contribution in [2.24, 2.45) is 0 Å². The third-order valence-corrected chi connectivity index (χ3v) is 4.92. The van der Waals surface area contributed by atoms with E-state index in [1.54, 1.807) is 6.20 Å². The second kappa shape index (κ2) is 6.25. The van der Waals surface area contributed by atoms with Crippen LogP contribution in [0, 0.1) is 0 Å². The van der Waals surface area contributed by atoms with E-state index in [-0.39, 0.29) is 5.54 Å². The molecule has 0 bridgehead atoms. The summed E-state index contributed by atoms with van der Waals surface area (Å²) >= 11 is 6.20. The number of nitrogens with zero attached hydrogens (tertiary/aromatic N) is 4. The largest absolute Gasteiger partial charge is 0.345 e. The molecule has 0 unspecified atom stereocenters. The molecule has 0 aliphatic heterocycles. The number of fused-ring (bicyclic) bond motifs is 3. The molecule has 2 heterocycles. The van der Waals surface area contributed by atoms with Crippen LogP contribution in [0.15, 0.2) is 48.7 Å². The maximum Gasteiger partial charge on any atom is 0.230 e. The van der Waals surface area contributed by atoms with E-state index in [0.717, 1.165) is 17.5 Å². The monoisotopic (exact) mass is 365 g/mol. The van der Waals surface area contributed by atoms with Crippen LogP contribution in [0.2, 0.25) is 5.02 Å². The fraction of sp³-hybridized carbons (Fsp3) is 0.250. The molecule has 0 aliphatic rings. The highest BCUT2D eigenvalue weighted by Crippen LogP contribution is 2.29. The Balaban J connectivity index is 1.86. The Kier molecular flexibility index (Phi) is 4.04. The van der Waals surface area contributed by atoms with Gasteiger partial charge in [0, 0.05) is 5.02 Å². The van der Waals surface area contributed by atoms with Crippen molar-refractivity contribution in [3.05, 3.63) is 64.8 Å². The predicted molar refractivity (Wildman–Crippen MR) is 106 cm³/mol. The van der Waals surface area contributed by atoms with Gasteiger partial charge in [-0.15, -0.1) is 10.2 Å². The lowest BCUT2D eigenvalue weighted by molar-refractivity contribution is 0.594. The third kappa shape index (κ3) is 2.78. The normalized spacial score (nSPS) is 12.0. The minimum atomic E-state index is -0.316. The molecule has 0 spiro atoms.